The third kappa shape index (κ3) is 2.01. The van der Waals surface area contributed by atoms with Crippen molar-refractivity contribution in [3.8, 4) is 0 Å². The van der Waals surface area contributed by atoms with Gasteiger partial charge in [0, 0.05) is 24.3 Å². The van der Waals surface area contributed by atoms with Crippen LogP contribution in [0.15, 0.2) is 18.2 Å². The van der Waals surface area contributed by atoms with Gasteiger partial charge in [-0.05, 0) is 43.5 Å². The highest BCUT2D eigenvalue weighted by Gasteiger charge is 2.41. The number of carbonyl (C=O) groups is 2. The smallest absolute Gasteiger partial charge is 0.225 e. The molecule has 1 N–H and O–H groups in total. The van der Waals surface area contributed by atoms with E-state index in [1.54, 1.807) is 0 Å². The lowest BCUT2D eigenvalue weighted by molar-refractivity contribution is -0.123. The molecule has 19 heavy (non-hydrogen) atoms. The summed E-state index contributed by atoms with van der Waals surface area (Å²) in [6.45, 7) is 3.74. The van der Waals surface area contributed by atoms with Crippen molar-refractivity contribution < 1.29 is 9.59 Å². The van der Waals surface area contributed by atoms with Gasteiger partial charge in [0.05, 0.1) is 12.0 Å². The first-order valence-electron chi connectivity index (χ1n) is 6.81. The summed E-state index contributed by atoms with van der Waals surface area (Å²) >= 11 is 0. The van der Waals surface area contributed by atoms with Crippen LogP contribution in [0.5, 0.6) is 0 Å². The number of piperidine rings is 1. The van der Waals surface area contributed by atoms with Crippen molar-refractivity contribution in [2.45, 2.75) is 25.8 Å². The number of carbonyl (C=O) groups excluding carboxylic acids is 2. The number of aldehydes is 1. The molecule has 4 heteroatoms. The third-order valence-electron chi connectivity index (χ3n) is 4.27. The highest BCUT2D eigenvalue weighted by Crippen LogP contribution is 2.33. The average Bonchev–Trinajstić information content (AvgIpc) is 2.81. The van der Waals surface area contributed by atoms with E-state index in [9.17, 15) is 9.59 Å². The lowest BCUT2D eigenvalue weighted by atomic mass is 9.90. The molecule has 2 atom stereocenters. The molecule has 4 nitrogen and oxygen atoms in total. The van der Waals surface area contributed by atoms with Gasteiger partial charge in [0.15, 0.2) is 0 Å². The van der Waals surface area contributed by atoms with Gasteiger partial charge in [0.25, 0.3) is 0 Å². The quantitative estimate of drug-likeness (QED) is 0.818. The zero-order valence-electron chi connectivity index (χ0n) is 11.1. The number of nitrogens with one attached hydrogen (secondary N) is 1. The highest BCUT2D eigenvalue weighted by molar-refractivity contribution is 5.83. The Hall–Kier alpha value is -1.84. The van der Waals surface area contributed by atoms with E-state index in [2.05, 4.69) is 10.2 Å². The van der Waals surface area contributed by atoms with Gasteiger partial charge in [0.1, 0.15) is 6.29 Å². The second-order valence-corrected chi connectivity index (χ2v) is 5.42. The summed E-state index contributed by atoms with van der Waals surface area (Å²) in [5.41, 5.74) is 2.96. The maximum absolute atomic E-state index is 11.8. The van der Waals surface area contributed by atoms with Crippen molar-refractivity contribution in [2.24, 2.45) is 5.92 Å². The Bertz CT molecular complexity index is 527. The van der Waals surface area contributed by atoms with Crippen molar-refractivity contribution in [2.75, 3.05) is 18.0 Å². The Morgan fingerprint density at radius 2 is 2.26 bits per heavy atom. The fourth-order valence-electron chi connectivity index (χ4n) is 3.32. The van der Waals surface area contributed by atoms with E-state index in [1.165, 1.54) is 0 Å². The highest BCUT2D eigenvalue weighted by atomic mass is 16.2. The van der Waals surface area contributed by atoms with Crippen molar-refractivity contribution in [1.82, 2.24) is 5.32 Å². The Balaban J connectivity index is 1.93. The van der Waals surface area contributed by atoms with Crippen LogP contribution in [-0.4, -0.2) is 31.3 Å². The molecule has 3 rings (SSSR count). The summed E-state index contributed by atoms with van der Waals surface area (Å²) in [7, 11) is 0. The maximum atomic E-state index is 11.8. The third-order valence-corrected chi connectivity index (χ3v) is 4.27. The summed E-state index contributed by atoms with van der Waals surface area (Å²) < 4.78 is 0. The molecule has 0 spiro atoms. The topological polar surface area (TPSA) is 49.4 Å². The van der Waals surface area contributed by atoms with Crippen LogP contribution in [0.25, 0.3) is 0 Å². The summed E-state index contributed by atoms with van der Waals surface area (Å²) in [6, 6.07) is 6.03. The number of rotatable bonds is 2. The van der Waals surface area contributed by atoms with E-state index >= 15 is 0 Å². The Labute approximate surface area is 112 Å². The van der Waals surface area contributed by atoms with Crippen LogP contribution in [0.3, 0.4) is 0 Å². The first-order chi connectivity index (χ1) is 9.20. The number of benzene rings is 1. The summed E-state index contributed by atoms with van der Waals surface area (Å²) in [4.78, 5) is 24.9. The van der Waals surface area contributed by atoms with Crippen molar-refractivity contribution in [1.29, 1.82) is 0 Å². The molecule has 100 valence electrons. The minimum atomic E-state index is 0.124. The largest absolute Gasteiger partial charge is 0.366 e. The molecule has 2 aliphatic rings. The van der Waals surface area contributed by atoms with Crippen LogP contribution in [0.2, 0.25) is 0 Å². The molecule has 0 radical (unpaired) electrons. The SMILES string of the molecule is Cc1cc(C=O)ccc1N1CCCC2C(=O)NCC21. The molecule has 2 saturated heterocycles. The second kappa shape index (κ2) is 4.68. The number of hydrogen-bond donors (Lipinski definition) is 1. The number of aryl methyl sites for hydroxylation is 1. The average molecular weight is 258 g/mol. The van der Waals surface area contributed by atoms with E-state index in [4.69, 9.17) is 0 Å². The van der Waals surface area contributed by atoms with Gasteiger partial charge in [0.2, 0.25) is 5.91 Å². The van der Waals surface area contributed by atoms with Gasteiger partial charge < -0.3 is 10.2 Å². The van der Waals surface area contributed by atoms with E-state index in [0.717, 1.165) is 43.5 Å². The molecule has 2 fully saturated rings. The lowest BCUT2D eigenvalue weighted by Gasteiger charge is -2.38. The molecule has 0 aromatic heterocycles. The molecule has 2 aliphatic heterocycles. The van der Waals surface area contributed by atoms with Crippen LogP contribution in [-0.2, 0) is 4.79 Å². The fraction of sp³-hybridized carbons (Fsp3) is 0.467. The number of nitrogens with zero attached hydrogens (tertiary/aromatic N) is 1. The van der Waals surface area contributed by atoms with Crippen LogP contribution in [0.4, 0.5) is 5.69 Å². The summed E-state index contributed by atoms with van der Waals surface area (Å²) in [5.74, 6) is 0.316. The lowest BCUT2D eigenvalue weighted by Crippen LogP contribution is -2.46. The van der Waals surface area contributed by atoms with Gasteiger partial charge in [-0.25, -0.2) is 0 Å². The van der Waals surface area contributed by atoms with E-state index in [-0.39, 0.29) is 17.9 Å². The predicted octanol–water partition coefficient (Wildman–Crippen LogP) is 1.52. The first-order valence-corrected chi connectivity index (χ1v) is 6.81. The molecule has 2 heterocycles. The van der Waals surface area contributed by atoms with E-state index in [1.807, 2.05) is 25.1 Å². The molecule has 1 aromatic carbocycles. The summed E-state index contributed by atoms with van der Waals surface area (Å²) in [5, 5.41) is 2.97. The zero-order valence-corrected chi connectivity index (χ0v) is 11.1. The fourth-order valence-corrected chi connectivity index (χ4v) is 3.32. The van der Waals surface area contributed by atoms with Gasteiger partial charge in [-0.2, -0.15) is 0 Å². The molecule has 0 bridgehead atoms. The van der Waals surface area contributed by atoms with E-state index in [0.29, 0.717) is 5.56 Å². The minimum absolute atomic E-state index is 0.124. The predicted molar refractivity (Wildman–Crippen MR) is 73.4 cm³/mol. The standard InChI is InChI=1S/C15H18N2O2/c1-10-7-11(9-18)4-5-13(10)17-6-2-3-12-14(17)8-16-15(12)19/h4-5,7,9,12,14H,2-3,6,8H2,1H3,(H,16,19). The Kier molecular flexibility index (Phi) is 3.01. The molecular weight excluding hydrogens is 240 g/mol. The molecule has 1 amide bonds. The van der Waals surface area contributed by atoms with Crippen molar-refractivity contribution in [3.63, 3.8) is 0 Å². The number of hydrogen-bond acceptors (Lipinski definition) is 3. The number of anilines is 1. The van der Waals surface area contributed by atoms with Crippen molar-refractivity contribution in [3.05, 3.63) is 29.3 Å². The zero-order chi connectivity index (χ0) is 13.4. The molecule has 2 unspecified atom stereocenters. The normalized spacial score (nSPS) is 25.9. The van der Waals surface area contributed by atoms with Gasteiger partial charge in [-0.15, -0.1) is 0 Å². The van der Waals surface area contributed by atoms with Crippen LogP contribution < -0.4 is 10.2 Å². The first kappa shape index (κ1) is 12.2. The summed E-state index contributed by atoms with van der Waals surface area (Å²) in [6.07, 6.45) is 2.90. The monoisotopic (exact) mass is 258 g/mol. The Morgan fingerprint density at radius 3 is 3.00 bits per heavy atom. The molecular formula is C15H18N2O2. The van der Waals surface area contributed by atoms with Gasteiger partial charge in [-0.1, -0.05) is 0 Å². The van der Waals surface area contributed by atoms with Gasteiger partial charge >= 0.3 is 0 Å². The second-order valence-electron chi connectivity index (χ2n) is 5.42. The van der Waals surface area contributed by atoms with Crippen molar-refractivity contribution >= 4 is 17.9 Å². The van der Waals surface area contributed by atoms with Crippen LogP contribution in [0, 0.1) is 12.8 Å². The number of amides is 1. The Morgan fingerprint density at radius 1 is 1.42 bits per heavy atom. The molecule has 0 aliphatic carbocycles. The van der Waals surface area contributed by atoms with Gasteiger partial charge in [-0.3, -0.25) is 9.59 Å². The van der Waals surface area contributed by atoms with Crippen LogP contribution >= 0.6 is 0 Å². The number of fused-ring (bicyclic) bond motifs is 1. The maximum Gasteiger partial charge on any atom is 0.225 e. The molecule has 1 aromatic rings. The minimum Gasteiger partial charge on any atom is -0.366 e. The molecule has 0 saturated carbocycles. The van der Waals surface area contributed by atoms with Crippen LogP contribution in [0.1, 0.15) is 28.8 Å². The van der Waals surface area contributed by atoms with E-state index < -0.39 is 0 Å².